The molecule has 0 aromatic heterocycles. The van der Waals surface area contributed by atoms with E-state index in [2.05, 4.69) is 6.58 Å². The van der Waals surface area contributed by atoms with Gasteiger partial charge in [0, 0.05) is 24.3 Å². The van der Waals surface area contributed by atoms with E-state index in [4.69, 9.17) is 9.47 Å². The van der Waals surface area contributed by atoms with Gasteiger partial charge < -0.3 is 14.6 Å². The zero-order valence-corrected chi connectivity index (χ0v) is 15.1. The Morgan fingerprint density at radius 3 is 2.56 bits per heavy atom. The van der Waals surface area contributed by atoms with Crippen LogP contribution < -0.4 is 4.74 Å². The molecule has 0 spiro atoms. The van der Waals surface area contributed by atoms with Crippen molar-refractivity contribution in [3.63, 3.8) is 0 Å². The third-order valence-electron chi connectivity index (χ3n) is 3.81. The Morgan fingerprint density at radius 1 is 1.32 bits per heavy atom. The number of carbonyl (C=O) groups excluding carboxylic acids is 2. The molecule has 0 amide bonds. The van der Waals surface area contributed by atoms with Gasteiger partial charge in [0.15, 0.2) is 0 Å². The van der Waals surface area contributed by atoms with Crippen molar-refractivity contribution in [1.29, 1.82) is 0 Å². The molecule has 0 bridgehead atoms. The topological polar surface area (TPSA) is 72.8 Å². The average Bonchev–Trinajstić information content (AvgIpc) is 2.59. The summed E-state index contributed by atoms with van der Waals surface area (Å²) in [5, 5.41) is 10.1. The number of esters is 1. The normalized spacial score (nSPS) is 12.8. The van der Waals surface area contributed by atoms with Crippen LogP contribution in [0.25, 0.3) is 0 Å². The molecule has 0 aliphatic heterocycles. The first-order chi connectivity index (χ1) is 12.0. The minimum absolute atomic E-state index is 0.0288. The molecule has 5 heteroatoms. The molecule has 0 aliphatic rings. The maximum absolute atomic E-state index is 12.4. The largest absolute Gasteiger partial charge is 0.512 e. The first kappa shape index (κ1) is 20.5. The highest BCUT2D eigenvalue weighted by molar-refractivity contribution is 5.92. The van der Waals surface area contributed by atoms with E-state index in [-0.39, 0.29) is 30.1 Å². The smallest absolute Gasteiger partial charge is 0.338 e. The van der Waals surface area contributed by atoms with Crippen LogP contribution in [-0.4, -0.2) is 30.6 Å². The van der Waals surface area contributed by atoms with Crippen LogP contribution in [0, 0.1) is 0 Å². The zero-order chi connectivity index (χ0) is 18.8. The van der Waals surface area contributed by atoms with Crippen molar-refractivity contribution in [2.24, 2.45) is 0 Å². The van der Waals surface area contributed by atoms with Gasteiger partial charge in [-0.15, -0.1) is 6.58 Å². The van der Waals surface area contributed by atoms with Gasteiger partial charge in [-0.25, -0.2) is 4.79 Å². The zero-order valence-electron chi connectivity index (χ0n) is 15.1. The average molecular weight is 346 g/mol. The number of ketones is 1. The van der Waals surface area contributed by atoms with Gasteiger partial charge in [-0.3, -0.25) is 4.79 Å². The van der Waals surface area contributed by atoms with E-state index in [1.54, 1.807) is 37.3 Å². The van der Waals surface area contributed by atoms with Crippen LogP contribution in [0.15, 0.2) is 48.3 Å². The molecule has 1 unspecified atom stereocenters. The summed E-state index contributed by atoms with van der Waals surface area (Å²) in [6, 6.07) is 7.14. The SMILES string of the molecule is C=CCCC(=O)CC(/C(C(=O)OCC)=C(/C)O)c1ccccc1OC. The van der Waals surface area contributed by atoms with Crippen molar-refractivity contribution in [2.45, 2.75) is 39.0 Å². The molecule has 25 heavy (non-hydrogen) atoms. The predicted molar refractivity (Wildman–Crippen MR) is 96.8 cm³/mol. The summed E-state index contributed by atoms with van der Waals surface area (Å²) >= 11 is 0. The summed E-state index contributed by atoms with van der Waals surface area (Å²) in [5.41, 5.74) is 0.742. The quantitative estimate of drug-likeness (QED) is 0.299. The van der Waals surface area contributed by atoms with Crippen LogP contribution in [0.3, 0.4) is 0 Å². The molecular weight excluding hydrogens is 320 g/mol. The number of benzene rings is 1. The van der Waals surface area contributed by atoms with E-state index < -0.39 is 11.9 Å². The van der Waals surface area contributed by atoms with Crippen molar-refractivity contribution < 1.29 is 24.2 Å². The number of methoxy groups -OCH3 is 1. The number of ether oxygens (including phenoxy) is 2. The van der Waals surface area contributed by atoms with E-state index >= 15 is 0 Å². The number of carbonyl (C=O) groups is 2. The Morgan fingerprint density at radius 2 is 2.00 bits per heavy atom. The Kier molecular flexibility index (Phi) is 8.47. The molecule has 136 valence electrons. The highest BCUT2D eigenvalue weighted by atomic mass is 16.5. The van der Waals surface area contributed by atoms with Crippen LogP contribution in [-0.2, 0) is 14.3 Å². The molecular formula is C20H26O5. The number of aliphatic hydroxyl groups excluding tert-OH is 1. The lowest BCUT2D eigenvalue weighted by molar-refractivity contribution is -0.139. The maximum Gasteiger partial charge on any atom is 0.338 e. The Labute approximate surface area is 149 Å². The Hall–Kier alpha value is -2.56. The summed E-state index contributed by atoms with van der Waals surface area (Å²) in [7, 11) is 1.52. The molecule has 0 saturated heterocycles. The van der Waals surface area contributed by atoms with E-state index in [0.29, 0.717) is 24.2 Å². The van der Waals surface area contributed by atoms with Gasteiger partial charge >= 0.3 is 5.97 Å². The molecule has 0 aliphatic carbocycles. The van der Waals surface area contributed by atoms with E-state index in [1.165, 1.54) is 14.0 Å². The second kappa shape index (κ2) is 10.3. The number of rotatable bonds is 10. The number of para-hydroxylation sites is 1. The van der Waals surface area contributed by atoms with Crippen LogP contribution in [0.4, 0.5) is 0 Å². The number of allylic oxidation sites excluding steroid dienone is 2. The molecule has 5 nitrogen and oxygen atoms in total. The second-order valence-corrected chi connectivity index (χ2v) is 5.58. The van der Waals surface area contributed by atoms with E-state index in [9.17, 15) is 14.7 Å². The fourth-order valence-corrected chi connectivity index (χ4v) is 2.67. The highest BCUT2D eigenvalue weighted by Gasteiger charge is 2.30. The minimum Gasteiger partial charge on any atom is -0.512 e. The Bertz CT molecular complexity index is 641. The monoisotopic (exact) mass is 346 g/mol. The lowest BCUT2D eigenvalue weighted by atomic mass is 9.84. The first-order valence-electron chi connectivity index (χ1n) is 8.28. The van der Waals surface area contributed by atoms with Crippen molar-refractivity contribution in [2.75, 3.05) is 13.7 Å². The predicted octanol–water partition coefficient (Wildman–Crippen LogP) is 4.10. The van der Waals surface area contributed by atoms with Crippen molar-refractivity contribution in [3.8, 4) is 5.75 Å². The third-order valence-corrected chi connectivity index (χ3v) is 3.81. The van der Waals surface area contributed by atoms with Crippen LogP contribution >= 0.6 is 0 Å². The van der Waals surface area contributed by atoms with Gasteiger partial charge in [-0.2, -0.15) is 0 Å². The second-order valence-electron chi connectivity index (χ2n) is 5.58. The lowest BCUT2D eigenvalue weighted by Gasteiger charge is -2.22. The molecule has 1 atom stereocenters. The molecule has 0 heterocycles. The maximum atomic E-state index is 12.4. The molecule has 1 aromatic rings. The number of aliphatic hydroxyl groups is 1. The molecule has 1 aromatic carbocycles. The van der Waals surface area contributed by atoms with Crippen LogP contribution in [0.1, 0.15) is 44.6 Å². The summed E-state index contributed by atoms with van der Waals surface area (Å²) in [5.74, 6) is -0.913. The highest BCUT2D eigenvalue weighted by Crippen LogP contribution is 2.36. The van der Waals surface area contributed by atoms with Crippen molar-refractivity contribution in [3.05, 3.63) is 53.8 Å². The fraction of sp³-hybridized carbons (Fsp3) is 0.400. The van der Waals surface area contributed by atoms with Crippen molar-refractivity contribution in [1.82, 2.24) is 0 Å². The fourth-order valence-electron chi connectivity index (χ4n) is 2.67. The van der Waals surface area contributed by atoms with Gasteiger partial charge in [-0.1, -0.05) is 24.3 Å². The van der Waals surface area contributed by atoms with E-state index in [0.717, 1.165) is 0 Å². The molecule has 0 fully saturated rings. The summed E-state index contributed by atoms with van der Waals surface area (Å²) in [4.78, 5) is 24.7. The van der Waals surface area contributed by atoms with Crippen LogP contribution in [0.2, 0.25) is 0 Å². The van der Waals surface area contributed by atoms with Crippen molar-refractivity contribution >= 4 is 11.8 Å². The summed E-state index contributed by atoms with van der Waals surface area (Å²) in [6.07, 6.45) is 2.64. The minimum atomic E-state index is -0.641. The molecule has 1 rings (SSSR count). The molecule has 0 saturated carbocycles. The summed E-state index contributed by atoms with van der Waals surface area (Å²) in [6.45, 7) is 6.91. The lowest BCUT2D eigenvalue weighted by Crippen LogP contribution is -2.20. The van der Waals surface area contributed by atoms with Gasteiger partial charge in [0.05, 0.1) is 19.3 Å². The Balaban J connectivity index is 3.35. The third kappa shape index (κ3) is 5.78. The first-order valence-corrected chi connectivity index (χ1v) is 8.28. The van der Waals surface area contributed by atoms with Gasteiger partial charge in [0.2, 0.25) is 0 Å². The van der Waals surface area contributed by atoms with Gasteiger partial charge in [-0.05, 0) is 26.3 Å². The molecule has 1 N–H and O–H groups in total. The number of Topliss-reactive ketones (excluding diaryl/α,β-unsaturated/α-hetero) is 1. The number of hydrogen-bond donors (Lipinski definition) is 1. The standard InChI is InChI=1S/C20H26O5/c1-5-7-10-15(22)13-17(16-11-8-9-12-18(16)24-4)19(14(3)21)20(23)25-6-2/h5,8-9,11-12,17,21H,1,6-7,10,13H2,2-4H3/b19-14+. The van der Waals surface area contributed by atoms with Crippen LogP contribution in [0.5, 0.6) is 5.75 Å². The van der Waals surface area contributed by atoms with Gasteiger partial charge in [0.25, 0.3) is 0 Å². The molecule has 0 radical (unpaired) electrons. The number of hydrogen-bond acceptors (Lipinski definition) is 5. The van der Waals surface area contributed by atoms with Gasteiger partial charge in [0.1, 0.15) is 17.3 Å². The summed E-state index contributed by atoms with van der Waals surface area (Å²) < 4.78 is 10.5. The van der Waals surface area contributed by atoms with E-state index in [1.807, 2.05) is 0 Å².